The first-order valence-corrected chi connectivity index (χ1v) is 9.47. The maximum Gasteiger partial charge on any atom is 0.264 e. The highest BCUT2D eigenvalue weighted by Gasteiger charge is 2.33. The van der Waals surface area contributed by atoms with E-state index in [0.29, 0.717) is 12.6 Å². The topological polar surface area (TPSA) is 29.5 Å². The fourth-order valence-corrected chi connectivity index (χ4v) is 3.99. The number of rotatable bonds is 7. The largest absolute Gasteiger partial charge is 0.497 e. The van der Waals surface area contributed by atoms with Gasteiger partial charge in [-0.05, 0) is 55.5 Å². The molecule has 4 heteroatoms. The van der Waals surface area contributed by atoms with E-state index in [0.717, 1.165) is 41.9 Å². The SMILES string of the molecule is CCCc1cc(C(=O)N(Cc2ccc(OC)cc2)C2CC2)sc1C. The van der Waals surface area contributed by atoms with Crippen molar-refractivity contribution in [3.05, 3.63) is 51.2 Å². The van der Waals surface area contributed by atoms with Crippen LogP contribution >= 0.6 is 11.3 Å². The van der Waals surface area contributed by atoms with Crippen molar-refractivity contribution in [2.75, 3.05) is 7.11 Å². The van der Waals surface area contributed by atoms with Crippen LogP contribution in [0.3, 0.4) is 0 Å². The Morgan fingerprint density at radius 2 is 2.00 bits per heavy atom. The molecule has 0 unspecified atom stereocenters. The Morgan fingerprint density at radius 1 is 1.29 bits per heavy atom. The molecule has 3 rings (SSSR count). The van der Waals surface area contributed by atoms with Gasteiger partial charge in [-0.25, -0.2) is 0 Å². The van der Waals surface area contributed by atoms with Gasteiger partial charge in [-0.3, -0.25) is 4.79 Å². The summed E-state index contributed by atoms with van der Waals surface area (Å²) in [5.41, 5.74) is 2.48. The van der Waals surface area contributed by atoms with Gasteiger partial charge in [0.15, 0.2) is 0 Å². The van der Waals surface area contributed by atoms with Crippen molar-refractivity contribution in [3.8, 4) is 5.75 Å². The van der Waals surface area contributed by atoms with Gasteiger partial charge in [-0.1, -0.05) is 25.5 Å². The van der Waals surface area contributed by atoms with Crippen LogP contribution in [0.1, 0.15) is 51.9 Å². The number of hydrogen-bond acceptors (Lipinski definition) is 3. The fourth-order valence-electron chi connectivity index (χ4n) is 2.96. The van der Waals surface area contributed by atoms with Gasteiger partial charge in [-0.15, -0.1) is 11.3 Å². The van der Waals surface area contributed by atoms with Gasteiger partial charge in [0.1, 0.15) is 5.75 Å². The van der Waals surface area contributed by atoms with Crippen LogP contribution < -0.4 is 4.74 Å². The summed E-state index contributed by atoms with van der Waals surface area (Å²) in [4.78, 5) is 17.2. The number of carbonyl (C=O) groups excluding carboxylic acids is 1. The third kappa shape index (κ3) is 3.81. The number of nitrogens with zero attached hydrogens (tertiary/aromatic N) is 1. The summed E-state index contributed by atoms with van der Waals surface area (Å²) in [6.45, 7) is 4.98. The van der Waals surface area contributed by atoms with Crippen LogP contribution in [0.2, 0.25) is 0 Å². The highest BCUT2D eigenvalue weighted by atomic mass is 32.1. The summed E-state index contributed by atoms with van der Waals surface area (Å²) in [7, 11) is 1.67. The number of aryl methyl sites for hydroxylation is 2. The molecule has 1 aromatic carbocycles. The second-order valence-corrected chi connectivity index (χ2v) is 7.71. The standard InChI is InChI=1S/C20H25NO2S/c1-4-5-16-12-19(24-14(16)2)20(22)21(17-8-9-17)13-15-6-10-18(23-3)11-7-15/h6-7,10-12,17H,4-5,8-9,13H2,1-3H3. The number of carbonyl (C=O) groups is 1. The molecule has 0 saturated heterocycles. The predicted molar refractivity (Wildman–Crippen MR) is 98.9 cm³/mol. The summed E-state index contributed by atoms with van der Waals surface area (Å²) < 4.78 is 5.21. The average molecular weight is 343 g/mol. The van der Waals surface area contributed by atoms with Crippen LogP contribution in [-0.2, 0) is 13.0 Å². The number of thiophene rings is 1. The van der Waals surface area contributed by atoms with E-state index in [1.165, 1.54) is 10.4 Å². The maximum atomic E-state index is 13.0. The fraction of sp³-hybridized carbons (Fsp3) is 0.450. The number of amides is 1. The lowest BCUT2D eigenvalue weighted by atomic mass is 10.1. The number of hydrogen-bond donors (Lipinski definition) is 0. The van der Waals surface area contributed by atoms with Crippen molar-refractivity contribution in [2.45, 2.75) is 52.1 Å². The van der Waals surface area contributed by atoms with Crippen LogP contribution in [0.25, 0.3) is 0 Å². The third-order valence-electron chi connectivity index (χ3n) is 4.51. The Labute approximate surface area is 148 Å². The first-order chi connectivity index (χ1) is 11.6. The molecule has 1 aliphatic carbocycles. The first kappa shape index (κ1) is 17.0. The molecular weight excluding hydrogens is 318 g/mol. The molecule has 24 heavy (non-hydrogen) atoms. The molecule has 0 N–H and O–H groups in total. The van der Waals surface area contributed by atoms with Crippen molar-refractivity contribution in [3.63, 3.8) is 0 Å². The predicted octanol–water partition coefficient (Wildman–Crippen LogP) is 4.82. The van der Waals surface area contributed by atoms with Gasteiger partial charge in [0.05, 0.1) is 12.0 Å². The minimum absolute atomic E-state index is 0.184. The van der Waals surface area contributed by atoms with Crippen LogP contribution in [-0.4, -0.2) is 24.0 Å². The molecule has 0 atom stereocenters. The van der Waals surface area contributed by atoms with Gasteiger partial charge in [0.25, 0.3) is 5.91 Å². The Morgan fingerprint density at radius 3 is 2.58 bits per heavy atom. The molecule has 1 heterocycles. The summed E-state index contributed by atoms with van der Waals surface area (Å²) in [6, 6.07) is 10.5. The van der Waals surface area contributed by atoms with Crippen LogP contribution in [0.15, 0.2) is 30.3 Å². The second kappa shape index (κ2) is 7.39. The number of ether oxygens (including phenoxy) is 1. The highest BCUT2D eigenvalue weighted by molar-refractivity contribution is 7.14. The highest BCUT2D eigenvalue weighted by Crippen LogP contribution is 2.32. The van der Waals surface area contributed by atoms with Crippen molar-refractivity contribution in [2.24, 2.45) is 0 Å². The lowest BCUT2D eigenvalue weighted by Gasteiger charge is -2.22. The number of methoxy groups -OCH3 is 1. The quantitative estimate of drug-likeness (QED) is 0.721. The summed E-state index contributed by atoms with van der Waals surface area (Å²) >= 11 is 1.64. The first-order valence-electron chi connectivity index (χ1n) is 8.65. The van der Waals surface area contributed by atoms with Crippen molar-refractivity contribution in [1.82, 2.24) is 4.90 Å². The zero-order valence-corrected chi connectivity index (χ0v) is 15.5. The third-order valence-corrected chi connectivity index (χ3v) is 5.59. The van der Waals surface area contributed by atoms with E-state index >= 15 is 0 Å². The summed E-state index contributed by atoms with van der Waals surface area (Å²) in [6.07, 6.45) is 4.41. The van der Waals surface area contributed by atoms with Crippen LogP contribution in [0, 0.1) is 6.92 Å². The van der Waals surface area contributed by atoms with E-state index in [-0.39, 0.29) is 5.91 Å². The smallest absolute Gasteiger partial charge is 0.264 e. The molecule has 0 radical (unpaired) electrons. The van der Waals surface area contributed by atoms with E-state index in [1.54, 1.807) is 18.4 Å². The summed E-state index contributed by atoms with van der Waals surface area (Å²) in [5, 5.41) is 0. The van der Waals surface area contributed by atoms with Gasteiger partial charge in [-0.2, -0.15) is 0 Å². The minimum Gasteiger partial charge on any atom is -0.497 e. The van der Waals surface area contributed by atoms with Gasteiger partial charge >= 0.3 is 0 Å². The lowest BCUT2D eigenvalue weighted by molar-refractivity contribution is 0.0735. The Bertz CT molecular complexity index is 701. The van der Waals surface area contributed by atoms with Gasteiger partial charge in [0.2, 0.25) is 0 Å². The van der Waals surface area contributed by atoms with Gasteiger partial charge in [0, 0.05) is 17.5 Å². The van der Waals surface area contributed by atoms with E-state index in [1.807, 2.05) is 29.2 Å². The Balaban J connectivity index is 1.77. The number of benzene rings is 1. The van der Waals surface area contributed by atoms with Crippen molar-refractivity contribution in [1.29, 1.82) is 0 Å². The molecule has 1 aliphatic rings. The van der Waals surface area contributed by atoms with Crippen LogP contribution in [0.4, 0.5) is 0 Å². The van der Waals surface area contributed by atoms with E-state index < -0.39 is 0 Å². The monoisotopic (exact) mass is 343 g/mol. The zero-order valence-electron chi connectivity index (χ0n) is 14.7. The molecule has 1 aromatic heterocycles. The van der Waals surface area contributed by atoms with E-state index in [4.69, 9.17) is 4.74 Å². The molecule has 1 saturated carbocycles. The van der Waals surface area contributed by atoms with E-state index in [2.05, 4.69) is 19.9 Å². The second-order valence-electron chi connectivity index (χ2n) is 6.45. The molecule has 2 aromatic rings. The van der Waals surface area contributed by atoms with E-state index in [9.17, 15) is 4.79 Å². The molecule has 3 nitrogen and oxygen atoms in total. The maximum absolute atomic E-state index is 13.0. The molecule has 0 aliphatic heterocycles. The van der Waals surface area contributed by atoms with Crippen molar-refractivity contribution < 1.29 is 9.53 Å². The normalized spacial score (nSPS) is 13.8. The Kier molecular flexibility index (Phi) is 5.24. The van der Waals surface area contributed by atoms with Gasteiger partial charge < -0.3 is 9.64 Å². The molecule has 1 amide bonds. The zero-order chi connectivity index (χ0) is 17.1. The lowest BCUT2D eigenvalue weighted by Crippen LogP contribution is -2.32. The molecular formula is C20H25NO2S. The Hall–Kier alpha value is -1.81. The molecule has 0 bridgehead atoms. The molecule has 1 fully saturated rings. The van der Waals surface area contributed by atoms with Crippen molar-refractivity contribution >= 4 is 17.2 Å². The summed E-state index contributed by atoms with van der Waals surface area (Å²) in [5.74, 6) is 1.03. The average Bonchev–Trinajstić information content (AvgIpc) is 3.37. The minimum atomic E-state index is 0.184. The molecule has 128 valence electrons. The molecule has 0 spiro atoms. The van der Waals surface area contributed by atoms with Crippen LogP contribution in [0.5, 0.6) is 5.75 Å².